The number of rotatable bonds is 4. The summed E-state index contributed by atoms with van der Waals surface area (Å²) in [5.74, 6) is 1.48. The Morgan fingerprint density at radius 2 is 2.20 bits per heavy atom. The van der Waals surface area contributed by atoms with Crippen molar-refractivity contribution in [3.8, 4) is 0 Å². The summed E-state index contributed by atoms with van der Waals surface area (Å²) in [7, 11) is 0. The van der Waals surface area contributed by atoms with E-state index in [0.717, 1.165) is 26.1 Å². The lowest BCUT2D eigenvalue weighted by molar-refractivity contribution is -0.122. The summed E-state index contributed by atoms with van der Waals surface area (Å²) in [6.07, 6.45) is 8.70. The molecular weight excluding hydrogens is 188 g/mol. The van der Waals surface area contributed by atoms with Crippen LogP contribution in [0.1, 0.15) is 25.7 Å². The Bertz CT molecular complexity index is 246. The van der Waals surface area contributed by atoms with Gasteiger partial charge in [0.15, 0.2) is 0 Å². The predicted octanol–water partition coefficient (Wildman–Crippen LogP) is 1.07. The molecule has 0 aromatic heterocycles. The van der Waals surface area contributed by atoms with Crippen LogP contribution in [0.5, 0.6) is 0 Å². The van der Waals surface area contributed by atoms with Gasteiger partial charge in [0.1, 0.15) is 0 Å². The molecule has 0 bridgehead atoms. The quantitative estimate of drug-likeness (QED) is 0.678. The average Bonchev–Trinajstić information content (AvgIpc) is 2.22. The molecule has 1 unspecified atom stereocenters. The smallest absolute Gasteiger partial charge is 0.220 e. The van der Waals surface area contributed by atoms with Gasteiger partial charge < -0.3 is 10.6 Å². The average molecular weight is 208 g/mol. The van der Waals surface area contributed by atoms with Crippen molar-refractivity contribution in [2.24, 2.45) is 11.8 Å². The van der Waals surface area contributed by atoms with Gasteiger partial charge in [0, 0.05) is 13.0 Å². The first-order valence-electron chi connectivity index (χ1n) is 5.97. The molecule has 84 valence electrons. The van der Waals surface area contributed by atoms with Gasteiger partial charge >= 0.3 is 0 Å². The third kappa shape index (κ3) is 3.34. The second-order valence-corrected chi connectivity index (χ2v) is 4.68. The summed E-state index contributed by atoms with van der Waals surface area (Å²) < 4.78 is 0. The molecule has 1 aliphatic carbocycles. The first kappa shape index (κ1) is 10.7. The highest BCUT2D eigenvalue weighted by atomic mass is 16.1. The molecule has 1 heterocycles. The summed E-state index contributed by atoms with van der Waals surface area (Å²) in [5.41, 5.74) is 0. The van der Waals surface area contributed by atoms with Gasteiger partial charge in [-0.15, -0.1) is 0 Å². The van der Waals surface area contributed by atoms with Gasteiger partial charge in [-0.1, -0.05) is 12.2 Å². The van der Waals surface area contributed by atoms with Crippen LogP contribution in [0.2, 0.25) is 0 Å². The Balaban J connectivity index is 1.59. The van der Waals surface area contributed by atoms with Crippen LogP contribution in [0.3, 0.4) is 0 Å². The minimum atomic E-state index is 0.232. The van der Waals surface area contributed by atoms with Gasteiger partial charge in [-0.05, 0) is 44.2 Å². The van der Waals surface area contributed by atoms with E-state index in [4.69, 9.17) is 0 Å². The van der Waals surface area contributed by atoms with Crippen LogP contribution >= 0.6 is 0 Å². The second-order valence-electron chi connectivity index (χ2n) is 4.68. The fourth-order valence-electron chi connectivity index (χ4n) is 2.13. The summed E-state index contributed by atoms with van der Waals surface area (Å²) in [6.45, 7) is 2.89. The highest BCUT2D eigenvalue weighted by Gasteiger charge is 2.20. The van der Waals surface area contributed by atoms with Crippen molar-refractivity contribution in [1.29, 1.82) is 0 Å². The third-order valence-corrected chi connectivity index (χ3v) is 3.31. The number of allylic oxidation sites excluding steroid dienone is 2. The van der Waals surface area contributed by atoms with Crippen molar-refractivity contribution in [3.63, 3.8) is 0 Å². The van der Waals surface area contributed by atoms with Crippen LogP contribution < -0.4 is 10.6 Å². The molecule has 0 radical (unpaired) electrons. The Labute approximate surface area is 91.3 Å². The largest absolute Gasteiger partial charge is 0.356 e. The highest BCUT2D eigenvalue weighted by Crippen LogP contribution is 2.17. The molecule has 15 heavy (non-hydrogen) atoms. The van der Waals surface area contributed by atoms with Gasteiger partial charge in [-0.3, -0.25) is 4.79 Å². The molecule has 0 aromatic carbocycles. The molecule has 2 aliphatic rings. The van der Waals surface area contributed by atoms with E-state index < -0.39 is 0 Å². The molecule has 1 fully saturated rings. The van der Waals surface area contributed by atoms with Crippen LogP contribution in [-0.4, -0.2) is 25.5 Å². The fraction of sp³-hybridized carbons (Fsp3) is 0.750. The molecule has 1 amide bonds. The summed E-state index contributed by atoms with van der Waals surface area (Å²) in [4.78, 5) is 11.5. The number of carbonyl (C=O) groups is 1. The molecule has 1 aliphatic heterocycles. The highest BCUT2D eigenvalue weighted by molar-refractivity contribution is 5.76. The number of hydrogen-bond donors (Lipinski definition) is 2. The zero-order valence-corrected chi connectivity index (χ0v) is 9.17. The van der Waals surface area contributed by atoms with Crippen LogP contribution in [-0.2, 0) is 4.79 Å². The SMILES string of the molecule is O=C(CC1CNC1)NCC1CC=CCC1. The lowest BCUT2D eigenvalue weighted by atomic mass is 9.94. The zero-order valence-electron chi connectivity index (χ0n) is 9.17. The second kappa shape index (κ2) is 5.31. The van der Waals surface area contributed by atoms with Crippen molar-refractivity contribution in [2.45, 2.75) is 25.7 Å². The lowest BCUT2D eigenvalue weighted by Crippen LogP contribution is -2.45. The standard InChI is InChI=1S/C12H20N2O/c15-12(6-11-7-13-8-11)14-9-10-4-2-1-3-5-10/h1-2,10-11,13H,3-9H2,(H,14,15). The Hall–Kier alpha value is -0.830. The van der Waals surface area contributed by atoms with E-state index in [0.29, 0.717) is 18.3 Å². The summed E-state index contributed by atoms with van der Waals surface area (Å²) >= 11 is 0. The lowest BCUT2D eigenvalue weighted by Gasteiger charge is -2.26. The van der Waals surface area contributed by atoms with Crippen molar-refractivity contribution < 1.29 is 4.79 Å². The molecule has 2 N–H and O–H groups in total. The van der Waals surface area contributed by atoms with E-state index in [-0.39, 0.29) is 5.91 Å². The minimum absolute atomic E-state index is 0.232. The maximum atomic E-state index is 11.5. The Morgan fingerprint density at radius 1 is 1.33 bits per heavy atom. The van der Waals surface area contributed by atoms with E-state index in [1.165, 1.54) is 12.8 Å². The van der Waals surface area contributed by atoms with E-state index in [1.807, 2.05) is 0 Å². The maximum Gasteiger partial charge on any atom is 0.220 e. The van der Waals surface area contributed by atoms with Crippen LogP contribution in [0.25, 0.3) is 0 Å². The number of amides is 1. The molecule has 0 saturated carbocycles. The molecule has 0 aromatic rings. The maximum absolute atomic E-state index is 11.5. The molecule has 0 spiro atoms. The molecule has 1 saturated heterocycles. The fourth-order valence-corrected chi connectivity index (χ4v) is 2.13. The van der Waals surface area contributed by atoms with Crippen molar-refractivity contribution in [1.82, 2.24) is 10.6 Å². The Kier molecular flexibility index (Phi) is 3.78. The van der Waals surface area contributed by atoms with Crippen LogP contribution in [0.15, 0.2) is 12.2 Å². The number of carbonyl (C=O) groups excluding carboxylic acids is 1. The van der Waals surface area contributed by atoms with Gasteiger partial charge in [0.25, 0.3) is 0 Å². The molecule has 1 atom stereocenters. The first-order chi connectivity index (χ1) is 7.34. The predicted molar refractivity (Wildman–Crippen MR) is 60.5 cm³/mol. The normalized spacial score (nSPS) is 26.0. The summed E-state index contributed by atoms with van der Waals surface area (Å²) in [5, 5.41) is 6.23. The van der Waals surface area contributed by atoms with Gasteiger partial charge in [-0.25, -0.2) is 0 Å². The van der Waals surface area contributed by atoms with Gasteiger partial charge in [0.2, 0.25) is 5.91 Å². The van der Waals surface area contributed by atoms with E-state index in [2.05, 4.69) is 22.8 Å². The molecule has 2 rings (SSSR count). The number of nitrogens with one attached hydrogen (secondary N) is 2. The summed E-state index contributed by atoms with van der Waals surface area (Å²) in [6, 6.07) is 0. The van der Waals surface area contributed by atoms with Crippen molar-refractivity contribution >= 4 is 5.91 Å². The topological polar surface area (TPSA) is 41.1 Å². The molecule has 3 heteroatoms. The van der Waals surface area contributed by atoms with E-state index >= 15 is 0 Å². The minimum Gasteiger partial charge on any atom is -0.356 e. The monoisotopic (exact) mass is 208 g/mol. The molecular formula is C12H20N2O. The van der Waals surface area contributed by atoms with Crippen LogP contribution in [0.4, 0.5) is 0 Å². The zero-order chi connectivity index (χ0) is 10.5. The first-order valence-corrected chi connectivity index (χ1v) is 5.97. The molecule has 3 nitrogen and oxygen atoms in total. The van der Waals surface area contributed by atoms with E-state index in [1.54, 1.807) is 0 Å². The third-order valence-electron chi connectivity index (χ3n) is 3.31. The van der Waals surface area contributed by atoms with Crippen molar-refractivity contribution in [3.05, 3.63) is 12.2 Å². The van der Waals surface area contributed by atoms with Gasteiger partial charge in [0.05, 0.1) is 0 Å². The number of hydrogen-bond acceptors (Lipinski definition) is 2. The van der Waals surface area contributed by atoms with Gasteiger partial charge in [-0.2, -0.15) is 0 Å². The Morgan fingerprint density at radius 3 is 2.80 bits per heavy atom. The van der Waals surface area contributed by atoms with E-state index in [9.17, 15) is 4.79 Å². The van der Waals surface area contributed by atoms with Crippen LogP contribution in [0, 0.1) is 11.8 Å². The van der Waals surface area contributed by atoms with Crippen molar-refractivity contribution in [2.75, 3.05) is 19.6 Å².